The van der Waals surface area contributed by atoms with E-state index in [2.05, 4.69) is 11.4 Å². The highest BCUT2D eigenvalue weighted by molar-refractivity contribution is 8.00. The second-order valence-corrected chi connectivity index (χ2v) is 11.5. The molecule has 0 saturated heterocycles. The molecule has 0 atom stereocenters. The van der Waals surface area contributed by atoms with Gasteiger partial charge in [0.05, 0.1) is 43.4 Å². The summed E-state index contributed by atoms with van der Waals surface area (Å²) in [5, 5.41) is 14.1. The fraction of sp³-hybridized carbons (Fsp3) is 0.250. The van der Waals surface area contributed by atoms with Crippen molar-refractivity contribution in [3.8, 4) is 40.0 Å². The number of hydrogen-bond acceptors (Lipinski definition) is 9. The number of thioether (sulfide) groups is 1. The minimum absolute atomic E-state index is 0.000625. The largest absolute Gasteiger partial charge is 0.497 e. The Morgan fingerprint density at radius 3 is 2.31 bits per heavy atom. The van der Waals surface area contributed by atoms with Crippen molar-refractivity contribution in [1.29, 1.82) is 5.26 Å². The van der Waals surface area contributed by atoms with Crippen LogP contribution in [0.5, 0.6) is 11.5 Å². The molecule has 0 spiro atoms. The molecule has 0 bridgehead atoms. The number of hydrogen-bond donors (Lipinski definition) is 1. The molecule has 1 N–H and O–H groups in total. The van der Waals surface area contributed by atoms with Gasteiger partial charge < -0.3 is 19.5 Å². The van der Waals surface area contributed by atoms with Gasteiger partial charge >= 0.3 is 5.97 Å². The summed E-state index contributed by atoms with van der Waals surface area (Å²) in [6.07, 6.45) is 2.67. The Kier molecular flexibility index (Phi) is 9.10. The lowest BCUT2D eigenvalue weighted by molar-refractivity contribution is -0.113. The van der Waals surface area contributed by atoms with Crippen LogP contribution in [0, 0.1) is 11.3 Å². The van der Waals surface area contributed by atoms with Gasteiger partial charge in [-0.25, -0.2) is 9.78 Å². The summed E-state index contributed by atoms with van der Waals surface area (Å²) in [5.41, 5.74) is 4.83. The zero-order valence-electron chi connectivity index (χ0n) is 23.5. The molecule has 1 amide bonds. The molecule has 0 aliphatic heterocycles. The lowest BCUT2D eigenvalue weighted by Crippen LogP contribution is -2.17. The monoisotopic (exact) mass is 599 g/mol. The van der Waals surface area contributed by atoms with Gasteiger partial charge in [-0.3, -0.25) is 4.79 Å². The van der Waals surface area contributed by atoms with Crippen LogP contribution in [0.4, 0.5) is 5.00 Å². The van der Waals surface area contributed by atoms with Gasteiger partial charge in [0, 0.05) is 16.0 Å². The van der Waals surface area contributed by atoms with Gasteiger partial charge in [0.1, 0.15) is 27.6 Å². The first-order valence-electron chi connectivity index (χ1n) is 13.4. The normalized spacial score (nSPS) is 11.9. The number of methoxy groups -OCH3 is 2. The van der Waals surface area contributed by atoms with Crippen LogP contribution in [-0.4, -0.2) is 43.4 Å². The molecule has 42 heavy (non-hydrogen) atoms. The number of ether oxygens (including phenoxy) is 3. The molecule has 8 nitrogen and oxygen atoms in total. The number of amides is 1. The van der Waals surface area contributed by atoms with Crippen molar-refractivity contribution in [1.82, 2.24) is 4.98 Å². The van der Waals surface area contributed by atoms with E-state index in [1.807, 2.05) is 54.6 Å². The number of carbonyl (C=O) groups excluding carboxylic acids is 2. The Morgan fingerprint density at radius 1 is 1.02 bits per heavy atom. The fourth-order valence-electron chi connectivity index (χ4n) is 4.85. The highest BCUT2D eigenvalue weighted by Crippen LogP contribution is 2.40. The molecule has 0 unspecified atom stereocenters. The van der Waals surface area contributed by atoms with Gasteiger partial charge in [-0.05, 0) is 79.8 Å². The highest BCUT2D eigenvalue weighted by atomic mass is 32.2. The standard InChI is InChI=1S/C32H29N3O5S2/c1-4-40-32(37)29-23-6-5-7-27(23)42-31(29)35-28(36)18-41-30-25(17-33)24(19-8-12-21(38-2)13-9-19)16-26(34-30)20-10-14-22(39-3)15-11-20/h8-16H,4-7,18H2,1-3H3,(H,35,36). The molecule has 1 aliphatic rings. The first-order valence-corrected chi connectivity index (χ1v) is 15.2. The molecular weight excluding hydrogens is 571 g/mol. The molecule has 2 aromatic heterocycles. The van der Waals surface area contributed by atoms with Crippen molar-refractivity contribution >= 4 is 40.0 Å². The average Bonchev–Trinajstić information content (AvgIpc) is 3.60. The number of esters is 1. The topological polar surface area (TPSA) is 111 Å². The fourth-order valence-corrected chi connectivity index (χ4v) is 6.95. The van der Waals surface area contributed by atoms with Crippen molar-refractivity contribution in [2.45, 2.75) is 31.2 Å². The van der Waals surface area contributed by atoms with Crippen LogP contribution < -0.4 is 14.8 Å². The zero-order valence-corrected chi connectivity index (χ0v) is 25.1. The lowest BCUT2D eigenvalue weighted by Gasteiger charge is -2.13. The molecule has 5 rings (SSSR count). The predicted molar refractivity (Wildman–Crippen MR) is 165 cm³/mol. The van der Waals surface area contributed by atoms with E-state index in [-0.39, 0.29) is 18.3 Å². The number of aryl methyl sites for hydroxylation is 1. The van der Waals surface area contributed by atoms with E-state index in [0.717, 1.165) is 46.6 Å². The van der Waals surface area contributed by atoms with Crippen molar-refractivity contribution < 1.29 is 23.8 Å². The third-order valence-electron chi connectivity index (χ3n) is 6.88. The number of fused-ring (bicyclic) bond motifs is 1. The number of anilines is 1. The molecule has 1 aliphatic carbocycles. The van der Waals surface area contributed by atoms with Crippen LogP contribution in [0.2, 0.25) is 0 Å². The van der Waals surface area contributed by atoms with Gasteiger partial charge in [-0.2, -0.15) is 5.26 Å². The number of pyridine rings is 1. The molecule has 10 heteroatoms. The Morgan fingerprint density at radius 2 is 1.69 bits per heavy atom. The predicted octanol–water partition coefficient (Wildman–Crippen LogP) is 6.76. The van der Waals surface area contributed by atoms with E-state index in [0.29, 0.717) is 38.2 Å². The van der Waals surface area contributed by atoms with Crippen LogP contribution in [0.15, 0.2) is 59.6 Å². The SMILES string of the molecule is CCOC(=O)c1c(NC(=O)CSc2nc(-c3ccc(OC)cc3)cc(-c3ccc(OC)cc3)c2C#N)sc2c1CCC2. The lowest BCUT2D eigenvalue weighted by atomic mass is 9.99. The maximum Gasteiger partial charge on any atom is 0.341 e. The average molecular weight is 600 g/mol. The van der Waals surface area contributed by atoms with Crippen LogP contribution in [-0.2, 0) is 22.4 Å². The summed E-state index contributed by atoms with van der Waals surface area (Å²) in [4.78, 5) is 31.8. The summed E-state index contributed by atoms with van der Waals surface area (Å²) >= 11 is 2.62. The number of nitriles is 1. The Balaban J connectivity index is 1.46. The van der Waals surface area contributed by atoms with E-state index < -0.39 is 5.97 Å². The summed E-state index contributed by atoms with van der Waals surface area (Å²) < 4.78 is 15.9. The van der Waals surface area contributed by atoms with Gasteiger partial charge in [0.15, 0.2) is 0 Å². The summed E-state index contributed by atoms with van der Waals surface area (Å²) in [7, 11) is 3.21. The summed E-state index contributed by atoms with van der Waals surface area (Å²) in [5.74, 6) is 0.716. The Hall–Kier alpha value is -4.33. The van der Waals surface area contributed by atoms with Gasteiger partial charge in [0.2, 0.25) is 5.91 Å². The Labute approximate surface area is 252 Å². The van der Waals surface area contributed by atoms with Gasteiger partial charge in [0.25, 0.3) is 0 Å². The number of thiophene rings is 1. The van der Waals surface area contributed by atoms with Gasteiger partial charge in [-0.1, -0.05) is 23.9 Å². The second-order valence-electron chi connectivity index (χ2n) is 9.42. The second kappa shape index (κ2) is 13.1. The summed E-state index contributed by atoms with van der Waals surface area (Å²) in [6.45, 7) is 2.02. The number of nitrogens with one attached hydrogen (secondary N) is 1. The quantitative estimate of drug-likeness (QED) is 0.157. The molecule has 0 fully saturated rings. The highest BCUT2D eigenvalue weighted by Gasteiger charge is 2.28. The van der Waals surface area contributed by atoms with Crippen LogP contribution in [0.25, 0.3) is 22.4 Å². The number of rotatable bonds is 10. The molecule has 214 valence electrons. The first kappa shape index (κ1) is 29.2. The third-order valence-corrected chi connectivity index (χ3v) is 9.06. The van der Waals surface area contributed by atoms with Crippen LogP contribution in [0.1, 0.15) is 39.7 Å². The van der Waals surface area contributed by atoms with E-state index in [1.54, 1.807) is 21.1 Å². The Bertz CT molecular complexity index is 1660. The molecule has 2 aromatic carbocycles. The van der Waals surface area contributed by atoms with E-state index >= 15 is 0 Å². The van der Waals surface area contributed by atoms with Crippen LogP contribution >= 0.6 is 23.1 Å². The van der Waals surface area contributed by atoms with E-state index in [9.17, 15) is 14.9 Å². The maximum absolute atomic E-state index is 13.2. The number of benzene rings is 2. The van der Waals surface area contributed by atoms with Crippen molar-refractivity contribution in [3.05, 3.63) is 76.2 Å². The zero-order chi connectivity index (χ0) is 29.6. The first-order chi connectivity index (χ1) is 20.4. The van der Waals surface area contributed by atoms with E-state index in [1.165, 1.54) is 23.1 Å². The minimum atomic E-state index is -0.412. The molecule has 0 saturated carbocycles. The molecule has 0 radical (unpaired) electrons. The van der Waals surface area contributed by atoms with Crippen molar-refractivity contribution in [2.75, 3.05) is 31.9 Å². The van der Waals surface area contributed by atoms with E-state index in [4.69, 9.17) is 19.2 Å². The minimum Gasteiger partial charge on any atom is -0.497 e. The van der Waals surface area contributed by atoms with Gasteiger partial charge in [-0.15, -0.1) is 11.3 Å². The van der Waals surface area contributed by atoms with Crippen molar-refractivity contribution in [3.63, 3.8) is 0 Å². The molecule has 4 aromatic rings. The molecule has 2 heterocycles. The van der Waals surface area contributed by atoms with Crippen molar-refractivity contribution in [2.24, 2.45) is 0 Å². The molecular formula is C32H29N3O5S2. The number of aromatic nitrogens is 1. The summed E-state index contributed by atoms with van der Waals surface area (Å²) in [6, 6.07) is 19.1. The smallest absolute Gasteiger partial charge is 0.341 e. The van der Waals surface area contributed by atoms with Crippen LogP contribution in [0.3, 0.4) is 0 Å². The maximum atomic E-state index is 13.2. The number of carbonyl (C=O) groups is 2. The third kappa shape index (κ3) is 6.12. The number of nitrogens with zero attached hydrogens (tertiary/aromatic N) is 2.